The first-order valence-electron chi connectivity index (χ1n) is 5.54. The molecular formula is C11H15IN4O. The second kappa shape index (κ2) is 5.16. The molecule has 1 saturated heterocycles. The van der Waals surface area contributed by atoms with Crippen molar-refractivity contribution in [1.29, 1.82) is 0 Å². The van der Waals surface area contributed by atoms with Crippen molar-refractivity contribution in [2.75, 3.05) is 25.5 Å². The number of carbonyl (C=O) groups is 1. The van der Waals surface area contributed by atoms with Crippen LogP contribution >= 0.6 is 22.6 Å². The van der Waals surface area contributed by atoms with Gasteiger partial charge in [-0.05, 0) is 35.4 Å². The van der Waals surface area contributed by atoms with Gasteiger partial charge in [0.2, 0.25) is 5.91 Å². The summed E-state index contributed by atoms with van der Waals surface area (Å²) in [7, 11) is 3.59. The molecule has 1 aliphatic rings. The number of hydrogen-bond acceptors (Lipinski definition) is 4. The lowest BCUT2D eigenvalue weighted by Crippen LogP contribution is -2.43. The van der Waals surface area contributed by atoms with Gasteiger partial charge in [0.05, 0.1) is 3.57 Å². The Balaban J connectivity index is 2.26. The van der Waals surface area contributed by atoms with Gasteiger partial charge in [0, 0.05) is 26.8 Å². The molecule has 1 fully saturated rings. The standard InChI is InChI=1S/C11H15IN4O/c1-15(2)11(17)9-4-3-5-16(9)10-8(12)6-13-7-14-10/h6-7,9H,3-5H2,1-2H3. The maximum Gasteiger partial charge on any atom is 0.244 e. The average Bonchev–Trinajstić information content (AvgIpc) is 2.77. The van der Waals surface area contributed by atoms with Crippen LogP contribution in [-0.2, 0) is 4.79 Å². The van der Waals surface area contributed by atoms with E-state index in [0.717, 1.165) is 28.8 Å². The molecule has 2 heterocycles. The fourth-order valence-corrected chi connectivity index (χ4v) is 2.70. The van der Waals surface area contributed by atoms with Gasteiger partial charge in [0.15, 0.2) is 0 Å². The van der Waals surface area contributed by atoms with E-state index in [4.69, 9.17) is 0 Å². The number of nitrogens with zero attached hydrogens (tertiary/aromatic N) is 4. The third-order valence-electron chi connectivity index (χ3n) is 2.90. The van der Waals surface area contributed by atoms with E-state index < -0.39 is 0 Å². The zero-order chi connectivity index (χ0) is 12.4. The predicted molar refractivity (Wildman–Crippen MR) is 73.8 cm³/mol. The highest BCUT2D eigenvalue weighted by Gasteiger charge is 2.33. The van der Waals surface area contributed by atoms with E-state index in [9.17, 15) is 4.79 Å². The number of anilines is 1. The summed E-state index contributed by atoms with van der Waals surface area (Å²) in [5.41, 5.74) is 0. The van der Waals surface area contributed by atoms with Crippen molar-refractivity contribution in [1.82, 2.24) is 14.9 Å². The first kappa shape index (κ1) is 12.5. The fourth-order valence-electron chi connectivity index (χ4n) is 2.09. The summed E-state index contributed by atoms with van der Waals surface area (Å²) in [5, 5.41) is 0. The zero-order valence-electron chi connectivity index (χ0n) is 9.93. The molecule has 1 unspecified atom stereocenters. The largest absolute Gasteiger partial charge is 0.347 e. The molecule has 2 rings (SSSR count). The molecule has 1 aromatic heterocycles. The molecule has 0 spiro atoms. The first-order valence-corrected chi connectivity index (χ1v) is 6.62. The minimum Gasteiger partial charge on any atom is -0.347 e. The van der Waals surface area contributed by atoms with Gasteiger partial charge in [-0.15, -0.1) is 0 Å². The van der Waals surface area contributed by atoms with Crippen LogP contribution in [0.15, 0.2) is 12.5 Å². The van der Waals surface area contributed by atoms with Crippen molar-refractivity contribution in [3.63, 3.8) is 0 Å². The first-order chi connectivity index (χ1) is 8.11. The van der Waals surface area contributed by atoms with Gasteiger partial charge in [-0.25, -0.2) is 9.97 Å². The summed E-state index contributed by atoms with van der Waals surface area (Å²) < 4.78 is 0.989. The molecule has 6 heteroatoms. The minimum absolute atomic E-state index is 0.0755. The van der Waals surface area contributed by atoms with Crippen molar-refractivity contribution >= 4 is 34.3 Å². The smallest absolute Gasteiger partial charge is 0.244 e. The normalized spacial score (nSPS) is 19.5. The molecule has 0 saturated carbocycles. The number of rotatable bonds is 2. The lowest BCUT2D eigenvalue weighted by molar-refractivity contribution is -0.129. The Morgan fingerprint density at radius 1 is 1.59 bits per heavy atom. The third kappa shape index (κ3) is 2.51. The molecule has 1 atom stereocenters. The summed E-state index contributed by atoms with van der Waals surface area (Å²) in [6.07, 6.45) is 5.24. The summed E-state index contributed by atoms with van der Waals surface area (Å²) in [6, 6.07) is -0.0755. The van der Waals surface area contributed by atoms with Crippen LogP contribution in [0, 0.1) is 3.57 Å². The van der Waals surface area contributed by atoms with Crippen LogP contribution in [0.5, 0.6) is 0 Å². The van der Waals surface area contributed by atoms with E-state index in [1.54, 1.807) is 25.2 Å². The number of halogens is 1. The monoisotopic (exact) mass is 346 g/mol. The van der Waals surface area contributed by atoms with Crippen LogP contribution in [-0.4, -0.2) is 47.5 Å². The highest BCUT2D eigenvalue weighted by atomic mass is 127. The molecule has 1 amide bonds. The second-order valence-corrected chi connectivity index (χ2v) is 5.44. The van der Waals surface area contributed by atoms with Gasteiger partial charge < -0.3 is 9.80 Å². The SMILES string of the molecule is CN(C)C(=O)C1CCCN1c1ncncc1I. The number of aromatic nitrogens is 2. The Kier molecular flexibility index (Phi) is 3.80. The van der Waals surface area contributed by atoms with Crippen LogP contribution in [0.4, 0.5) is 5.82 Å². The van der Waals surface area contributed by atoms with Gasteiger partial charge in [-0.2, -0.15) is 0 Å². The topological polar surface area (TPSA) is 49.3 Å². The van der Waals surface area contributed by atoms with Crippen LogP contribution < -0.4 is 4.90 Å². The van der Waals surface area contributed by atoms with E-state index in [1.807, 2.05) is 0 Å². The number of likely N-dealkylation sites (N-methyl/N-ethyl adjacent to an activating group) is 1. The van der Waals surface area contributed by atoms with Crippen LogP contribution in [0.2, 0.25) is 0 Å². The van der Waals surface area contributed by atoms with Crippen molar-refractivity contribution in [3.8, 4) is 0 Å². The van der Waals surface area contributed by atoms with Crippen LogP contribution in [0.1, 0.15) is 12.8 Å². The Morgan fingerprint density at radius 2 is 2.35 bits per heavy atom. The summed E-state index contributed by atoms with van der Waals surface area (Å²) in [5.74, 6) is 1.02. The Morgan fingerprint density at radius 3 is 3.00 bits per heavy atom. The zero-order valence-corrected chi connectivity index (χ0v) is 12.1. The Labute approximate surface area is 114 Å². The van der Waals surface area contributed by atoms with Gasteiger partial charge in [-0.3, -0.25) is 4.79 Å². The Hall–Kier alpha value is -0.920. The molecule has 1 aliphatic heterocycles. The number of carbonyl (C=O) groups excluding carboxylic acids is 1. The molecule has 0 aromatic carbocycles. The van der Waals surface area contributed by atoms with Crippen LogP contribution in [0.25, 0.3) is 0 Å². The summed E-state index contributed by atoms with van der Waals surface area (Å²) in [4.78, 5) is 24.1. The summed E-state index contributed by atoms with van der Waals surface area (Å²) in [6.45, 7) is 0.886. The lowest BCUT2D eigenvalue weighted by atomic mass is 10.2. The van der Waals surface area contributed by atoms with Crippen molar-refractivity contribution in [2.24, 2.45) is 0 Å². The van der Waals surface area contributed by atoms with Gasteiger partial charge in [0.1, 0.15) is 18.2 Å². The molecular weight excluding hydrogens is 331 g/mol. The van der Waals surface area contributed by atoms with Gasteiger partial charge in [-0.1, -0.05) is 0 Å². The predicted octanol–water partition coefficient (Wildman–Crippen LogP) is 1.14. The van der Waals surface area contributed by atoms with Crippen molar-refractivity contribution in [2.45, 2.75) is 18.9 Å². The van der Waals surface area contributed by atoms with E-state index in [-0.39, 0.29) is 11.9 Å². The van der Waals surface area contributed by atoms with E-state index in [2.05, 4.69) is 37.5 Å². The van der Waals surface area contributed by atoms with Crippen molar-refractivity contribution in [3.05, 3.63) is 16.1 Å². The highest BCUT2D eigenvalue weighted by Crippen LogP contribution is 2.27. The molecule has 0 bridgehead atoms. The second-order valence-electron chi connectivity index (χ2n) is 4.28. The molecule has 92 valence electrons. The minimum atomic E-state index is -0.0755. The maximum atomic E-state index is 12.1. The maximum absolute atomic E-state index is 12.1. The van der Waals surface area contributed by atoms with E-state index >= 15 is 0 Å². The molecule has 0 N–H and O–H groups in total. The quantitative estimate of drug-likeness (QED) is 0.754. The average molecular weight is 346 g/mol. The Bertz CT molecular complexity index is 424. The van der Waals surface area contributed by atoms with E-state index in [1.165, 1.54) is 6.33 Å². The number of amides is 1. The highest BCUT2D eigenvalue weighted by molar-refractivity contribution is 14.1. The molecule has 0 aliphatic carbocycles. The lowest BCUT2D eigenvalue weighted by Gasteiger charge is -2.27. The molecule has 17 heavy (non-hydrogen) atoms. The third-order valence-corrected chi connectivity index (χ3v) is 3.66. The fraction of sp³-hybridized carbons (Fsp3) is 0.545. The van der Waals surface area contributed by atoms with Crippen molar-refractivity contribution < 1.29 is 4.79 Å². The molecule has 1 aromatic rings. The van der Waals surface area contributed by atoms with Crippen LogP contribution in [0.3, 0.4) is 0 Å². The summed E-state index contributed by atoms with van der Waals surface area (Å²) >= 11 is 2.21. The van der Waals surface area contributed by atoms with Gasteiger partial charge in [0.25, 0.3) is 0 Å². The van der Waals surface area contributed by atoms with E-state index in [0.29, 0.717) is 0 Å². The molecule has 5 nitrogen and oxygen atoms in total. The molecule has 0 radical (unpaired) electrons. The van der Waals surface area contributed by atoms with Gasteiger partial charge >= 0.3 is 0 Å². The number of hydrogen-bond donors (Lipinski definition) is 0.